The maximum Gasteiger partial charge on any atom is 0.138 e. The molecule has 0 atom stereocenters. The van der Waals surface area contributed by atoms with Gasteiger partial charge in [-0.05, 0) is 36.2 Å². The van der Waals surface area contributed by atoms with Gasteiger partial charge in [0.1, 0.15) is 12.4 Å². The minimum absolute atomic E-state index is 0.520. The molecule has 2 rings (SSSR count). The monoisotopic (exact) mass is 261 g/mol. The molecule has 0 saturated heterocycles. The Balaban J connectivity index is 1.96. The molecule has 0 bridgehead atoms. The lowest BCUT2D eigenvalue weighted by atomic mass is 10.1. The van der Waals surface area contributed by atoms with Crippen molar-refractivity contribution in [2.45, 2.75) is 13.0 Å². The summed E-state index contributed by atoms with van der Waals surface area (Å²) in [7, 11) is 0. The van der Waals surface area contributed by atoms with Gasteiger partial charge >= 0.3 is 0 Å². The van der Waals surface area contributed by atoms with Crippen molar-refractivity contribution in [3.05, 3.63) is 64.7 Å². The smallest absolute Gasteiger partial charge is 0.138 e. The van der Waals surface area contributed by atoms with Crippen molar-refractivity contribution in [1.29, 1.82) is 0 Å². The molecule has 2 aromatic carbocycles. The summed E-state index contributed by atoms with van der Waals surface area (Å²) in [4.78, 5) is 0. The third kappa shape index (κ3) is 3.49. The van der Waals surface area contributed by atoms with Crippen molar-refractivity contribution in [3.63, 3.8) is 0 Å². The van der Waals surface area contributed by atoms with Crippen LogP contribution in [0.15, 0.2) is 48.5 Å². The molecular weight excluding hydrogens is 246 g/mol. The Hall–Kier alpha value is -1.51. The van der Waals surface area contributed by atoms with Gasteiger partial charge < -0.3 is 10.5 Å². The number of halogens is 1. The molecule has 18 heavy (non-hydrogen) atoms. The highest BCUT2D eigenvalue weighted by molar-refractivity contribution is 6.32. The highest BCUT2D eigenvalue weighted by Crippen LogP contribution is 2.24. The molecule has 0 aromatic heterocycles. The first-order chi connectivity index (χ1) is 8.79. The average Bonchev–Trinajstić information content (AvgIpc) is 2.40. The van der Waals surface area contributed by atoms with Gasteiger partial charge in [0.25, 0.3) is 0 Å². The molecule has 0 aliphatic rings. The molecule has 2 N–H and O–H groups in total. The van der Waals surface area contributed by atoms with Crippen LogP contribution in [-0.2, 0) is 13.0 Å². The lowest BCUT2D eigenvalue weighted by molar-refractivity contribution is 0.306. The van der Waals surface area contributed by atoms with E-state index in [2.05, 4.69) is 24.3 Å². The fourth-order valence-corrected chi connectivity index (χ4v) is 1.88. The van der Waals surface area contributed by atoms with Crippen molar-refractivity contribution < 1.29 is 4.74 Å². The predicted molar refractivity (Wildman–Crippen MR) is 75.0 cm³/mol. The van der Waals surface area contributed by atoms with Gasteiger partial charge in [-0.25, -0.2) is 0 Å². The molecule has 2 aromatic rings. The minimum atomic E-state index is 0.520. The van der Waals surface area contributed by atoms with Gasteiger partial charge in [-0.15, -0.1) is 0 Å². The lowest BCUT2D eigenvalue weighted by Crippen LogP contribution is -2.03. The zero-order chi connectivity index (χ0) is 12.8. The SMILES string of the molecule is NCCc1ccc(COc2ccccc2Cl)cc1. The Bertz CT molecular complexity index is 496. The van der Waals surface area contributed by atoms with Gasteiger partial charge in [-0.3, -0.25) is 0 Å². The Labute approximate surface area is 112 Å². The molecule has 0 aliphatic carbocycles. The molecular formula is C15H16ClNO. The number of para-hydroxylation sites is 1. The van der Waals surface area contributed by atoms with Gasteiger partial charge in [0, 0.05) is 0 Å². The largest absolute Gasteiger partial charge is 0.487 e. The highest BCUT2D eigenvalue weighted by Gasteiger charge is 2.00. The number of nitrogens with two attached hydrogens (primary N) is 1. The standard InChI is InChI=1S/C15H16ClNO/c16-14-3-1-2-4-15(14)18-11-13-7-5-12(6-8-13)9-10-17/h1-8H,9-11,17H2. The quantitative estimate of drug-likeness (QED) is 0.895. The Kier molecular flexibility index (Phi) is 4.62. The molecule has 0 aliphatic heterocycles. The van der Waals surface area contributed by atoms with Gasteiger partial charge in [-0.1, -0.05) is 48.0 Å². The lowest BCUT2D eigenvalue weighted by Gasteiger charge is -2.08. The van der Waals surface area contributed by atoms with E-state index in [0.29, 0.717) is 23.9 Å². The molecule has 0 heterocycles. The summed E-state index contributed by atoms with van der Waals surface area (Å²) in [6, 6.07) is 15.8. The van der Waals surface area contributed by atoms with Crippen LogP contribution in [0.25, 0.3) is 0 Å². The van der Waals surface area contributed by atoms with E-state index in [-0.39, 0.29) is 0 Å². The third-order valence-corrected chi connectivity index (χ3v) is 3.00. The normalized spacial score (nSPS) is 10.3. The molecule has 0 unspecified atom stereocenters. The van der Waals surface area contributed by atoms with Crippen LogP contribution in [0.2, 0.25) is 5.02 Å². The predicted octanol–water partition coefficient (Wildman–Crippen LogP) is 3.42. The summed E-state index contributed by atoms with van der Waals surface area (Å²) in [5.41, 5.74) is 7.88. The zero-order valence-corrected chi connectivity index (χ0v) is 10.9. The van der Waals surface area contributed by atoms with Crippen molar-refractivity contribution in [3.8, 4) is 5.75 Å². The Morgan fingerprint density at radius 3 is 2.28 bits per heavy atom. The number of hydrogen-bond acceptors (Lipinski definition) is 2. The van der Waals surface area contributed by atoms with Crippen LogP contribution >= 0.6 is 11.6 Å². The van der Waals surface area contributed by atoms with Gasteiger partial charge in [0.2, 0.25) is 0 Å². The van der Waals surface area contributed by atoms with Crippen molar-refractivity contribution in [2.24, 2.45) is 5.73 Å². The molecule has 2 nitrogen and oxygen atoms in total. The van der Waals surface area contributed by atoms with E-state index in [4.69, 9.17) is 22.1 Å². The second-order valence-corrected chi connectivity index (χ2v) is 4.48. The fourth-order valence-electron chi connectivity index (χ4n) is 1.69. The van der Waals surface area contributed by atoms with Crippen LogP contribution in [-0.4, -0.2) is 6.54 Å². The molecule has 0 radical (unpaired) electrons. The second-order valence-electron chi connectivity index (χ2n) is 4.07. The van der Waals surface area contributed by atoms with Crippen LogP contribution < -0.4 is 10.5 Å². The Morgan fingerprint density at radius 2 is 1.61 bits per heavy atom. The molecule has 3 heteroatoms. The molecule has 94 valence electrons. The van der Waals surface area contributed by atoms with E-state index >= 15 is 0 Å². The second kappa shape index (κ2) is 6.43. The highest BCUT2D eigenvalue weighted by atomic mass is 35.5. The number of hydrogen-bond donors (Lipinski definition) is 1. The van der Waals surface area contributed by atoms with E-state index in [0.717, 1.165) is 12.0 Å². The first-order valence-electron chi connectivity index (χ1n) is 5.95. The number of benzene rings is 2. The van der Waals surface area contributed by atoms with Gasteiger partial charge in [-0.2, -0.15) is 0 Å². The summed E-state index contributed by atoms with van der Waals surface area (Å²) in [5, 5.41) is 0.636. The minimum Gasteiger partial charge on any atom is -0.487 e. The van der Waals surface area contributed by atoms with Crippen LogP contribution in [0.4, 0.5) is 0 Å². The maximum absolute atomic E-state index is 6.02. The summed E-state index contributed by atoms with van der Waals surface area (Å²) in [5.74, 6) is 0.713. The summed E-state index contributed by atoms with van der Waals surface area (Å²) in [6.45, 7) is 1.20. The Morgan fingerprint density at radius 1 is 0.944 bits per heavy atom. The van der Waals surface area contributed by atoms with Crippen LogP contribution in [0.3, 0.4) is 0 Å². The number of rotatable bonds is 5. The average molecular weight is 262 g/mol. The molecule has 0 fully saturated rings. The summed E-state index contributed by atoms with van der Waals surface area (Å²) in [6.07, 6.45) is 0.908. The molecule has 0 saturated carbocycles. The van der Waals surface area contributed by atoms with E-state index in [9.17, 15) is 0 Å². The van der Waals surface area contributed by atoms with E-state index in [1.54, 1.807) is 0 Å². The summed E-state index contributed by atoms with van der Waals surface area (Å²) < 4.78 is 5.67. The molecule has 0 spiro atoms. The number of ether oxygens (including phenoxy) is 1. The van der Waals surface area contributed by atoms with Crippen molar-refractivity contribution in [1.82, 2.24) is 0 Å². The first kappa shape index (κ1) is 12.9. The van der Waals surface area contributed by atoms with Crippen LogP contribution in [0, 0.1) is 0 Å². The van der Waals surface area contributed by atoms with Crippen LogP contribution in [0.5, 0.6) is 5.75 Å². The first-order valence-corrected chi connectivity index (χ1v) is 6.32. The van der Waals surface area contributed by atoms with Crippen LogP contribution in [0.1, 0.15) is 11.1 Å². The topological polar surface area (TPSA) is 35.2 Å². The maximum atomic E-state index is 6.02. The zero-order valence-electron chi connectivity index (χ0n) is 10.1. The van der Waals surface area contributed by atoms with E-state index < -0.39 is 0 Å². The molecule has 0 amide bonds. The van der Waals surface area contributed by atoms with Gasteiger partial charge in [0.05, 0.1) is 5.02 Å². The van der Waals surface area contributed by atoms with E-state index in [1.807, 2.05) is 24.3 Å². The van der Waals surface area contributed by atoms with Gasteiger partial charge in [0.15, 0.2) is 0 Å². The third-order valence-electron chi connectivity index (χ3n) is 2.69. The van der Waals surface area contributed by atoms with Crippen molar-refractivity contribution >= 4 is 11.6 Å². The fraction of sp³-hybridized carbons (Fsp3) is 0.200. The summed E-state index contributed by atoms with van der Waals surface area (Å²) >= 11 is 6.02. The van der Waals surface area contributed by atoms with Crippen molar-refractivity contribution in [2.75, 3.05) is 6.54 Å². The van der Waals surface area contributed by atoms with E-state index in [1.165, 1.54) is 5.56 Å².